The van der Waals surface area contributed by atoms with Gasteiger partial charge >= 0.3 is 0 Å². The van der Waals surface area contributed by atoms with Gasteiger partial charge in [-0.1, -0.05) is 6.92 Å². The van der Waals surface area contributed by atoms with Crippen LogP contribution in [0.4, 0.5) is 27.6 Å². The van der Waals surface area contributed by atoms with Crippen LogP contribution in [0.2, 0.25) is 0 Å². The SMILES string of the molecule is CCC(N)CC(=O)Nc1c(F)c(F)c(F)c(F)c1F. The zero-order valence-corrected chi connectivity index (χ0v) is 9.87. The monoisotopic (exact) mass is 282 g/mol. The Bertz CT molecular complexity index is 477. The smallest absolute Gasteiger partial charge is 0.226 e. The van der Waals surface area contributed by atoms with Crippen molar-refractivity contribution in [2.24, 2.45) is 5.73 Å². The lowest BCUT2D eigenvalue weighted by molar-refractivity contribution is -0.116. The third-order valence-corrected chi connectivity index (χ3v) is 2.45. The summed E-state index contributed by atoms with van der Waals surface area (Å²) in [4.78, 5) is 11.3. The van der Waals surface area contributed by atoms with Crippen molar-refractivity contribution < 1.29 is 26.7 Å². The second-order valence-corrected chi connectivity index (χ2v) is 3.87. The van der Waals surface area contributed by atoms with Crippen molar-refractivity contribution in [3.8, 4) is 0 Å². The number of halogens is 5. The molecule has 19 heavy (non-hydrogen) atoms. The lowest BCUT2D eigenvalue weighted by Crippen LogP contribution is -2.27. The summed E-state index contributed by atoms with van der Waals surface area (Å²) in [6, 6.07) is -0.568. The van der Waals surface area contributed by atoms with E-state index in [1.54, 1.807) is 12.2 Å². The molecule has 3 N–H and O–H groups in total. The van der Waals surface area contributed by atoms with E-state index in [0.29, 0.717) is 6.42 Å². The summed E-state index contributed by atoms with van der Waals surface area (Å²) in [5.41, 5.74) is 4.06. The summed E-state index contributed by atoms with van der Waals surface area (Å²) in [5.74, 6) is -11.6. The summed E-state index contributed by atoms with van der Waals surface area (Å²) in [7, 11) is 0. The quantitative estimate of drug-likeness (QED) is 0.506. The highest BCUT2D eigenvalue weighted by atomic mass is 19.2. The van der Waals surface area contributed by atoms with Crippen LogP contribution >= 0.6 is 0 Å². The molecule has 0 saturated heterocycles. The number of anilines is 1. The number of nitrogens with two attached hydrogens (primary N) is 1. The Kier molecular flexibility index (Phi) is 4.82. The highest BCUT2D eigenvalue weighted by Gasteiger charge is 2.26. The molecule has 0 aliphatic carbocycles. The minimum absolute atomic E-state index is 0.296. The Labute approximate surface area is 105 Å². The van der Waals surface area contributed by atoms with Crippen LogP contribution < -0.4 is 11.1 Å². The van der Waals surface area contributed by atoms with Gasteiger partial charge in [0, 0.05) is 12.5 Å². The van der Waals surface area contributed by atoms with Gasteiger partial charge in [0.1, 0.15) is 5.69 Å². The Hall–Kier alpha value is -1.70. The van der Waals surface area contributed by atoms with Gasteiger partial charge in [0.15, 0.2) is 23.3 Å². The number of carbonyl (C=O) groups excluding carboxylic acids is 1. The van der Waals surface area contributed by atoms with Gasteiger partial charge in [-0.3, -0.25) is 4.79 Å². The van der Waals surface area contributed by atoms with E-state index < -0.39 is 46.7 Å². The average Bonchev–Trinajstić information content (AvgIpc) is 2.39. The molecule has 1 rings (SSSR count). The standard InChI is InChI=1S/C11H11F5N2O/c1-2-4(17)3-5(19)18-11-9(15)7(13)6(12)8(14)10(11)16/h4H,2-3,17H2,1H3,(H,18,19). The van der Waals surface area contributed by atoms with E-state index in [1.807, 2.05) is 0 Å². The molecule has 0 saturated carbocycles. The fraction of sp³-hybridized carbons (Fsp3) is 0.364. The van der Waals surface area contributed by atoms with Gasteiger partial charge < -0.3 is 11.1 Å². The lowest BCUT2D eigenvalue weighted by atomic mass is 10.1. The molecule has 0 aromatic heterocycles. The number of benzene rings is 1. The molecule has 1 amide bonds. The Morgan fingerprint density at radius 3 is 1.89 bits per heavy atom. The van der Waals surface area contributed by atoms with Crippen molar-refractivity contribution in [2.75, 3.05) is 5.32 Å². The van der Waals surface area contributed by atoms with E-state index in [0.717, 1.165) is 0 Å². The predicted molar refractivity (Wildman–Crippen MR) is 57.7 cm³/mol. The van der Waals surface area contributed by atoms with E-state index in [9.17, 15) is 26.7 Å². The van der Waals surface area contributed by atoms with Gasteiger partial charge in [0.05, 0.1) is 0 Å². The minimum Gasteiger partial charge on any atom is -0.327 e. The van der Waals surface area contributed by atoms with Crippen molar-refractivity contribution in [3.63, 3.8) is 0 Å². The topological polar surface area (TPSA) is 55.1 Å². The van der Waals surface area contributed by atoms with Crippen molar-refractivity contribution in [1.29, 1.82) is 0 Å². The van der Waals surface area contributed by atoms with Crippen molar-refractivity contribution >= 4 is 11.6 Å². The van der Waals surface area contributed by atoms with E-state index in [2.05, 4.69) is 0 Å². The molecule has 0 bridgehead atoms. The third-order valence-electron chi connectivity index (χ3n) is 2.45. The highest BCUT2D eigenvalue weighted by Crippen LogP contribution is 2.27. The maximum absolute atomic E-state index is 13.2. The number of hydrogen-bond acceptors (Lipinski definition) is 2. The zero-order chi connectivity index (χ0) is 14.7. The Morgan fingerprint density at radius 1 is 1.05 bits per heavy atom. The first-order chi connectivity index (χ1) is 8.79. The normalized spacial score (nSPS) is 12.4. The van der Waals surface area contributed by atoms with Crippen LogP contribution in [0.15, 0.2) is 0 Å². The van der Waals surface area contributed by atoms with Gasteiger partial charge in [-0.15, -0.1) is 0 Å². The van der Waals surface area contributed by atoms with Gasteiger partial charge in [-0.25, -0.2) is 22.0 Å². The molecule has 0 radical (unpaired) electrons. The van der Waals surface area contributed by atoms with Crippen molar-refractivity contribution in [3.05, 3.63) is 29.1 Å². The third kappa shape index (κ3) is 3.19. The van der Waals surface area contributed by atoms with E-state index in [-0.39, 0.29) is 6.42 Å². The molecule has 1 aromatic rings. The molecule has 1 aromatic carbocycles. The maximum Gasteiger partial charge on any atom is 0.226 e. The van der Waals surface area contributed by atoms with Gasteiger partial charge in [0.25, 0.3) is 0 Å². The highest BCUT2D eigenvalue weighted by molar-refractivity contribution is 5.91. The summed E-state index contributed by atoms with van der Waals surface area (Å²) < 4.78 is 64.9. The number of hydrogen-bond donors (Lipinski definition) is 2. The number of nitrogens with one attached hydrogen (secondary N) is 1. The minimum atomic E-state index is -2.28. The molecule has 3 nitrogen and oxygen atoms in total. The molecule has 0 heterocycles. The molecule has 8 heteroatoms. The largest absolute Gasteiger partial charge is 0.327 e. The van der Waals surface area contributed by atoms with Crippen LogP contribution in [0.25, 0.3) is 0 Å². The molecule has 106 valence electrons. The molecule has 0 fully saturated rings. The maximum atomic E-state index is 13.2. The molecular weight excluding hydrogens is 271 g/mol. The lowest BCUT2D eigenvalue weighted by Gasteiger charge is -2.11. The second-order valence-electron chi connectivity index (χ2n) is 3.87. The van der Waals surface area contributed by atoms with Gasteiger partial charge in [-0.2, -0.15) is 0 Å². The molecule has 0 aliphatic rings. The average molecular weight is 282 g/mol. The fourth-order valence-electron chi connectivity index (χ4n) is 1.29. The Balaban J connectivity index is 3.05. The summed E-state index contributed by atoms with van der Waals surface area (Å²) in [6.45, 7) is 1.68. The van der Waals surface area contributed by atoms with Crippen LogP contribution in [0, 0.1) is 29.1 Å². The van der Waals surface area contributed by atoms with E-state index in [4.69, 9.17) is 5.73 Å². The summed E-state index contributed by atoms with van der Waals surface area (Å²) in [6.07, 6.45) is 0.126. The van der Waals surface area contributed by atoms with Crippen molar-refractivity contribution in [2.45, 2.75) is 25.8 Å². The number of rotatable bonds is 4. The summed E-state index contributed by atoms with van der Waals surface area (Å²) >= 11 is 0. The second kappa shape index (κ2) is 5.96. The molecule has 0 aliphatic heterocycles. The van der Waals surface area contributed by atoms with Crippen LogP contribution in [0.5, 0.6) is 0 Å². The molecular formula is C11H11F5N2O. The van der Waals surface area contributed by atoms with E-state index in [1.165, 1.54) is 0 Å². The van der Waals surface area contributed by atoms with Crippen LogP contribution in [0.3, 0.4) is 0 Å². The molecule has 0 spiro atoms. The number of amides is 1. The van der Waals surface area contributed by atoms with E-state index >= 15 is 0 Å². The fourth-order valence-corrected chi connectivity index (χ4v) is 1.29. The predicted octanol–water partition coefficient (Wildman–Crippen LogP) is 2.45. The van der Waals surface area contributed by atoms with Gasteiger partial charge in [-0.05, 0) is 6.42 Å². The molecule has 1 unspecified atom stereocenters. The molecule has 1 atom stereocenters. The first-order valence-corrected chi connectivity index (χ1v) is 5.36. The van der Waals surface area contributed by atoms with Crippen LogP contribution in [-0.4, -0.2) is 11.9 Å². The van der Waals surface area contributed by atoms with Crippen LogP contribution in [0.1, 0.15) is 19.8 Å². The number of carbonyl (C=O) groups is 1. The first-order valence-electron chi connectivity index (χ1n) is 5.36. The van der Waals surface area contributed by atoms with Crippen LogP contribution in [-0.2, 0) is 4.79 Å². The Morgan fingerprint density at radius 2 is 1.47 bits per heavy atom. The van der Waals surface area contributed by atoms with Gasteiger partial charge in [0.2, 0.25) is 11.7 Å². The zero-order valence-electron chi connectivity index (χ0n) is 9.87. The summed E-state index contributed by atoms with van der Waals surface area (Å²) in [5, 5.41) is 1.64. The first kappa shape index (κ1) is 15.4. The van der Waals surface area contributed by atoms with Crippen molar-refractivity contribution in [1.82, 2.24) is 0 Å².